The van der Waals surface area contributed by atoms with Crippen LogP contribution in [0.15, 0.2) is 34.9 Å². The highest BCUT2D eigenvalue weighted by atomic mass is 79.9. The van der Waals surface area contributed by atoms with Crippen LogP contribution in [0, 0.1) is 12.9 Å². The van der Waals surface area contributed by atoms with Gasteiger partial charge in [-0.05, 0) is 66.0 Å². The van der Waals surface area contributed by atoms with Crippen LogP contribution in [0.5, 0.6) is 0 Å². The van der Waals surface area contributed by atoms with Crippen molar-refractivity contribution in [2.24, 2.45) is 0 Å². The second-order valence-corrected chi connectivity index (χ2v) is 7.82. The Kier molecular flexibility index (Phi) is 5.77. The van der Waals surface area contributed by atoms with E-state index in [0.29, 0.717) is 22.3 Å². The number of benzene rings is 1. The zero-order valence-electron chi connectivity index (χ0n) is 15.5. The van der Waals surface area contributed by atoms with Crippen LogP contribution in [0.3, 0.4) is 0 Å². The van der Waals surface area contributed by atoms with Gasteiger partial charge in [-0.3, -0.25) is 15.0 Å². The van der Waals surface area contributed by atoms with Crippen molar-refractivity contribution in [3.8, 4) is 0 Å². The van der Waals surface area contributed by atoms with Gasteiger partial charge in [0.2, 0.25) is 5.95 Å². The lowest BCUT2D eigenvalue weighted by atomic mass is 9.93. The molecule has 0 aliphatic carbocycles. The molecule has 2 heterocycles. The number of fused-ring (bicyclic) bond motifs is 1. The third-order valence-corrected chi connectivity index (χ3v) is 5.14. The number of alkyl halides is 3. The van der Waals surface area contributed by atoms with Crippen LogP contribution in [-0.4, -0.2) is 38.8 Å². The minimum absolute atomic E-state index is 0.273. The Morgan fingerprint density at radius 1 is 1.18 bits per heavy atom. The molecule has 1 aromatic carbocycles. The molecule has 0 amide bonds. The van der Waals surface area contributed by atoms with E-state index in [2.05, 4.69) is 31.1 Å². The van der Waals surface area contributed by atoms with Gasteiger partial charge >= 0.3 is 6.18 Å². The predicted molar refractivity (Wildman–Crippen MR) is 102 cm³/mol. The van der Waals surface area contributed by atoms with Gasteiger partial charge in [-0.15, -0.1) is 5.10 Å². The van der Waals surface area contributed by atoms with Crippen molar-refractivity contribution in [1.82, 2.24) is 20.1 Å². The Bertz CT molecular complexity index is 966. The number of nitrogens with one attached hydrogen (secondary N) is 1. The maximum absolute atomic E-state index is 14.2. The Hall–Kier alpha value is -2.00. The first-order valence-electron chi connectivity index (χ1n) is 8.65. The molecule has 150 valence electrons. The number of nitrogens with zero attached hydrogens (tertiary/aromatic N) is 3. The van der Waals surface area contributed by atoms with Crippen LogP contribution in [0.1, 0.15) is 36.7 Å². The van der Waals surface area contributed by atoms with E-state index in [1.807, 2.05) is 0 Å². The molecule has 3 aromatic rings. The molecular formula is C19H19BrF4N4. The Morgan fingerprint density at radius 3 is 2.46 bits per heavy atom. The summed E-state index contributed by atoms with van der Waals surface area (Å²) in [5.74, 6) is -0.677. The quantitative estimate of drug-likeness (QED) is 0.511. The molecule has 0 unspecified atom stereocenters. The normalized spacial score (nSPS) is 13.6. The van der Waals surface area contributed by atoms with Crippen molar-refractivity contribution >= 4 is 26.8 Å². The van der Waals surface area contributed by atoms with Crippen molar-refractivity contribution in [2.75, 3.05) is 6.54 Å². The summed E-state index contributed by atoms with van der Waals surface area (Å²) in [4.78, 5) is 5.67. The summed E-state index contributed by atoms with van der Waals surface area (Å²) in [7, 11) is 0. The molecule has 0 saturated carbocycles. The van der Waals surface area contributed by atoms with E-state index in [0.717, 1.165) is 4.47 Å². The lowest BCUT2D eigenvalue weighted by Crippen LogP contribution is -2.42. The van der Waals surface area contributed by atoms with E-state index in [-0.39, 0.29) is 5.39 Å². The van der Waals surface area contributed by atoms with Gasteiger partial charge in [-0.25, -0.2) is 0 Å². The SMILES string of the molecule is Cc1c([C@@H](c2ccc(Br)cn2)N(CC(F)(F)F)C(C)C)ccc2[nH]nc(F)c12. The summed E-state index contributed by atoms with van der Waals surface area (Å²) in [6.07, 6.45) is -2.85. The molecule has 9 heteroatoms. The predicted octanol–water partition coefficient (Wildman–Crippen LogP) is 5.53. The molecule has 2 aromatic heterocycles. The highest BCUT2D eigenvalue weighted by Crippen LogP contribution is 2.36. The van der Waals surface area contributed by atoms with Gasteiger partial charge < -0.3 is 0 Å². The van der Waals surface area contributed by atoms with Crippen LogP contribution in [-0.2, 0) is 0 Å². The van der Waals surface area contributed by atoms with Gasteiger partial charge in [0.05, 0.1) is 29.2 Å². The second kappa shape index (κ2) is 7.79. The number of rotatable bonds is 5. The number of aromatic amines is 1. The third kappa shape index (κ3) is 4.20. The maximum Gasteiger partial charge on any atom is 0.401 e. The number of halogens is 5. The van der Waals surface area contributed by atoms with E-state index in [1.54, 1.807) is 51.2 Å². The molecule has 4 nitrogen and oxygen atoms in total. The fourth-order valence-corrected chi connectivity index (χ4v) is 3.62. The average molecular weight is 459 g/mol. The van der Waals surface area contributed by atoms with Crippen molar-refractivity contribution in [3.63, 3.8) is 0 Å². The van der Waals surface area contributed by atoms with E-state index in [9.17, 15) is 17.6 Å². The zero-order chi connectivity index (χ0) is 20.6. The number of aromatic nitrogens is 3. The molecule has 1 atom stereocenters. The molecule has 0 aliphatic rings. The first-order valence-corrected chi connectivity index (χ1v) is 9.45. The Labute approximate surface area is 168 Å². The Balaban J connectivity index is 2.22. The smallest absolute Gasteiger partial charge is 0.280 e. The molecule has 0 saturated heterocycles. The number of hydrogen-bond acceptors (Lipinski definition) is 3. The van der Waals surface area contributed by atoms with Gasteiger partial charge in [0.15, 0.2) is 0 Å². The van der Waals surface area contributed by atoms with Crippen molar-refractivity contribution in [2.45, 2.75) is 39.0 Å². The van der Waals surface area contributed by atoms with Crippen molar-refractivity contribution < 1.29 is 17.6 Å². The van der Waals surface area contributed by atoms with Gasteiger partial charge in [0, 0.05) is 16.7 Å². The van der Waals surface area contributed by atoms with Crippen molar-refractivity contribution in [1.29, 1.82) is 0 Å². The summed E-state index contributed by atoms with van der Waals surface area (Å²) in [5, 5.41) is 6.44. The van der Waals surface area contributed by atoms with E-state index >= 15 is 0 Å². The number of pyridine rings is 1. The van der Waals surface area contributed by atoms with Gasteiger partial charge in [0.25, 0.3) is 0 Å². The molecule has 28 heavy (non-hydrogen) atoms. The van der Waals surface area contributed by atoms with Crippen LogP contribution in [0.2, 0.25) is 0 Å². The minimum atomic E-state index is -4.39. The van der Waals surface area contributed by atoms with E-state index in [4.69, 9.17) is 0 Å². The summed E-state index contributed by atoms with van der Waals surface area (Å²) in [5.41, 5.74) is 2.03. The molecule has 3 rings (SSSR count). The van der Waals surface area contributed by atoms with E-state index < -0.39 is 30.8 Å². The molecular weight excluding hydrogens is 440 g/mol. The molecule has 0 aliphatic heterocycles. The summed E-state index contributed by atoms with van der Waals surface area (Å²) in [6, 6.07) is 5.51. The average Bonchev–Trinajstić information content (AvgIpc) is 2.98. The fraction of sp³-hybridized carbons (Fsp3) is 0.368. The number of hydrogen-bond donors (Lipinski definition) is 1. The molecule has 1 N–H and O–H groups in total. The minimum Gasteiger partial charge on any atom is -0.280 e. The first-order chi connectivity index (χ1) is 13.1. The highest BCUT2D eigenvalue weighted by molar-refractivity contribution is 9.10. The summed E-state index contributed by atoms with van der Waals surface area (Å²) >= 11 is 3.30. The Morgan fingerprint density at radius 2 is 1.89 bits per heavy atom. The largest absolute Gasteiger partial charge is 0.401 e. The lowest BCUT2D eigenvalue weighted by molar-refractivity contribution is -0.153. The van der Waals surface area contributed by atoms with Gasteiger partial charge in [-0.1, -0.05) is 6.07 Å². The van der Waals surface area contributed by atoms with Gasteiger partial charge in [0.1, 0.15) is 0 Å². The maximum atomic E-state index is 14.2. The second-order valence-electron chi connectivity index (χ2n) is 6.90. The first kappa shape index (κ1) is 20.7. The molecule has 0 radical (unpaired) electrons. The monoisotopic (exact) mass is 458 g/mol. The summed E-state index contributed by atoms with van der Waals surface area (Å²) in [6.45, 7) is 3.97. The summed E-state index contributed by atoms with van der Waals surface area (Å²) < 4.78 is 54.9. The lowest BCUT2D eigenvalue weighted by Gasteiger charge is -2.36. The fourth-order valence-electron chi connectivity index (χ4n) is 3.38. The highest BCUT2D eigenvalue weighted by Gasteiger charge is 2.37. The van der Waals surface area contributed by atoms with Gasteiger partial charge in [-0.2, -0.15) is 17.6 Å². The standard InChI is InChI=1S/C19H19BrF4N4/c1-10(2)28(9-19(22,23)24)17(15-6-4-12(20)8-25-15)13-5-7-14-16(11(13)3)18(21)27-26-14/h4-8,10,17H,9H2,1-3H3,(H,26,27)/t17-/m0/s1. The van der Waals surface area contributed by atoms with E-state index in [1.165, 1.54) is 4.90 Å². The zero-order valence-corrected chi connectivity index (χ0v) is 17.1. The van der Waals surface area contributed by atoms with Crippen LogP contribution < -0.4 is 0 Å². The molecule has 0 spiro atoms. The molecule has 0 bridgehead atoms. The topological polar surface area (TPSA) is 44.8 Å². The molecule has 0 fully saturated rings. The van der Waals surface area contributed by atoms with Crippen molar-refractivity contribution in [3.05, 3.63) is 57.7 Å². The third-order valence-electron chi connectivity index (χ3n) is 4.67. The van der Waals surface area contributed by atoms with Crippen LogP contribution in [0.4, 0.5) is 17.6 Å². The number of H-pyrrole nitrogens is 1. The number of aryl methyl sites for hydroxylation is 1. The van der Waals surface area contributed by atoms with Crippen LogP contribution >= 0.6 is 15.9 Å². The van der Waals surface area contributed by atoms with Crippen LogP contribution in [0.25, 0.3) is 10.9 Å².